The first-order valence-electron chi connectivity index (χ1n) is 4.13. The van der Waals surface area contributed by atoms with Crippen LogP contribution in [0.4, 0.5) is 0 Å². The summed E-state index contributed by atoms with van der Waals surface area (Å²) >= 11 is 0. The predicted molar refractivity (Wildman–Crippen MR) is 44.5 cm³/mol. The van der Waals surface area contributed by atoms with E-state index in [0.717, 1.165) is 0 Å². The molecule has 0 radical (unpaired) electrons. The molecule has 2 aromatic rings. The zero-order valence-corrected chi connectivity index (χ0v) is 6.61. The largest absolute Gasteiger partial charge is 0.449 e. The van der Waals surface area contributed by atoms with Crippen LogP contribution >= 0.6 is 0 Å². The van der Waals surface area contributed by atoms with E-state index in [1.165, 1.54) is 0 Å². The highest BCUT2D eigenvalue weighted by Crippen LogP contribution is 2.14. The minimum absolute atomic E-state index is 0.0659. The van der Waals surface area contributed by atoms with E-state index in [-0.39, 0.29) is 6.24 Å². The van der Waals surface area contributed by atoms with Crippen molar-refractivity contribution < 1.29 is 5.79 Å². The number of oxazole rings is 1. The summed E-state index contributed by atoms with van der Waals surface area (Å²) in [6.45, 7) is 1.71. The Morgan fingerprint density at radius 3 is 2.92 bits per heavy atom. The Balaban J connectivity index is 2.53. The third kappa shape index (κ3) is 1.21. The fourth-order valence-corrected chi connectivity index (χ4v) is 0.938. The van der Waals surface area contributed by atoms with Gasteiger partial charge in [-0.05, 0) is 12.1 Å². The fraction of sp³-hybridized carbons (Fsp3) is 0.111. The van der Waals surface area contributed by atoms with E-state index in [2.05, 4.69) is 9.97 Å². The molecule has 0 aliphatic heterocycles. The lowest BCUT2D eigenvalue weighted by Gasteiger charge is -1.90. The summed E-state index contributed by atoms with van der Waals surface area (Å²) in [5, 5.41) is 0. The van der Waals surface area contributed by atoms with E-state index < -0.39 is 0 Å². The maximum atomic E-state index is 7.46. The number of nitrogens with zero attached hydrogens (tertiary/aromatic N) is 2. The van der Waals surface area contributed by atoms with E-state index in [9.17, 15) is 0 Å². The van der Waals surface area contributed by atoms with Crippen molar-refractivity contribution in [2.75, 3.05) is 0 Å². The van der Waals surface area contributed by atoms with Crippen molar-refractivity contribution in [1.29, 1.82) is 0 Å². The second-order valence-electron chi connectivity index (χ2n) is 2.40. The summed E-state index contributed by atoms with van der Waals surface area (Å²) < 4.78 is 12.4. The van der Waals surface area contributed by atoms with Gasteiger partial charge in [-0.1, -0.05) is 6.07 Å². The monoisotopic (exact) mass is 161 g/mol. The third-order valence-electron chi connectivity index (χ3n) is 1.47. The van der Waals surface area contributed by atoms with E-state index in [4.69, 9.17) is 5.79 Å². The Bertz CT molecular complexity index is 411. The lowest BCUT2D eigenvalue weighted by Crippen LogP contribution is -1.80. The predicted octanol–water partition coefficient (Wildman–Crippen LogP) is 2.05. The first-order valence-corrected chi connectivity index (χ1v) is 3.63. The number of aromatic nitrogens is 2. The molecular formula is C9H8N2O. The van der Waals surface area contributed by atoms with Crippen molar-refractivity contribution in [1.82, 2.24) is 9.97 Å². The molecule has 0 saturated carbocycles. The molecule has 2 rings (SSSR count). The topological polar surface area (TPSA) is 38.9 Å². The van der Waals surface area contributed by atoms with Crippen LogP contribution in [0.2, 0.25) is 0 Å². The first kappa shape index (κ1) is 5.94. The van der Waals surface area contributed by atoms with Gasteiger partial charge in [0.2, 0.25) is 0 Å². The minimum atomic E-state index is 0.0659. The Morgan fingerprint density at radius 2 is 2.33 bits per heavy atom. The zero-order valence-electron chi connectivity index (χ0n) is 7.61. The summed E-state index contributed by atoms with van der Waals surface area (Å²) in [5.41, 5.74) is 1.17. The van der Waals surface area contributed by atoms with Crippen LogP contribution in [0.5, 0.6) is 0 Å². The van der Waals surface area contributed by atoms with Crippen molar-refractivity contribution in [2.24, 2.45) is 0 Å². The molecule has 2 aromatic heterocycles. The van der Waals surface area contributed by atoms with Gasteiger partial charge in [-0.25, -0.2) is 4.98 Å². The highest BCUT2D eigenvalue weighted by Gasteiger charge is 2.02. The quantitative estimate of drug-likeness (QED) is 0.642. The fourth-order valence-electron chi connectivity index (χ4n) is 0.938. The average Bonchev–Trinajstić information content (AvgIpc) is 2.47. The zero-order chi connectivity index (χ0) is 9.26. The van der Waals surface area contributed by atoms with Gasteiger partial charge in [0, 0.05) is 13.1 Å². The summed E-state index contributed by atoms with van der Waals surface area (Å²) in [7, 11) is 0. The molecule has 0 aliphatic carbocycles. The standard InChI is InChI=1S/C9H8N2O/c1-7-11-9(6-12-7)8-4-2-3-5-10-8/h2-6H,1H3/i6D. The number of hydrogen-bond acceptors (Lipinski definition) is 3. The van der Waals surface area contributed by atoms with Gasteiger partial charge < -0.3 is 4.42 Å². The van der Waals surface area contributed by atoms with Crippen LogP contribution in [0.3, 0.4) is 0 Å². The van der Waals surface area contributed by atoms with Gasteiger partial charge in [-0.15, -0.1) is 0 Å². The molecule has 3 heteroatoms. The van der Waals surface area contributed by atoms with Crippen molar-refractivity contribution >= 4 is 0 Å². The van der Waals surface area contributed by atoms with Crippen molar-refractivity contribution in [3.05, 3.63) is 36.5 Å². The highest BCUT2D eigenvalue weighted by atomic mass is 16.3. The molecule has 0 unspecified atom stereocenters. The second kappa shape index (κ2) is 2.77. The maximum Gasteiger partial charge on any atom is 0.191 e. The minimum Gasteiger partial charge on any atom is -0.449 e. The number of pyridine rings is 1. The number of aryl methyl sites for hydroxylation is 1. The van der Waals surface area contributed by atoms with Gasteiger partial charge in [0.25, 0.3) is 0 Å². The molecule has 0 atom stereocenters. The molecule has 0 saturated heterocycles. The summed E-state index contributed by atoms with van der Waals surface area (Å²) in [6.07, 6.45) is 1.73. The van der Waals surface area contributed by atoms with Crippen LogP contribution in [-0.2, 0) is 0 Å². The van der Waals surface area contributed by atoms with E-state index in [1.54, 1.807) is 19.2 Å². The van der Waals surface area contributed by atoms with Crippen molar-refractivity contribution in [3.63, 3.8) is 0 Å². The van der Waals surface area contributed by atoms with Crippen molar-refractivity contribution in [3.8, 4) is 11.4 Å². The van der Waals surface area contributed by atoms with Gasteiger partial charge in [0.15, 0.2) is 5.89 Å². The normalized spacial score (nSPS) is 11.2. The van der Waals surface area contributed by atoms with Gasteiger partial charge in [0.05, 0.1) is 5.69 Å². The van der Waals surface area contributed by atoms with Crippen LogP contribution in [0, 0.1) is 6.92 Å². The van der Waals surface area contributed by atoms with Crippen LogP contribution in [0.15, 0.2) is 35.1 Å². The highest BCUT2D eigenvalue weighted by molar-refractivity contribution is 5.51. The Labute approximate surface area is 71.5 Å². The molecule has 2 heterocycles. The Hall–Kier alpha value is -1.64. The maximum absolute atomic E-state index is 7.46. The van der Waals surface area contributed by atoms with Gasteiger partial charge in [-0.3, -0.25) is 4.98 Å². The molecule has 12 heavy (non-hydrogen) atoms. The third-order valence-corrected chi connectivity index (χ3v) is 1.47. The van der Waals surface area contributed by atoms with Gasteiger partial charge in [0.1, 0.15) is 13.3 Å². The molecule has 0 fully saturated rings. The summed E-state index contributed by atoms with van der Waals surface area (Å²) in [4.78, 5) is 8.14. The first-order chi connectivity index (χ1) is 6.27. The van der Waals surface area contributed by atoms with E-state index in [1.807, 2.05) is 12.1 Å². The van der Waals surface area contributed by atoms with Crippen LogP contribution in [-0.4, -0.2) is 9.97 Å². The number of rotatable bonds is 1. The molecule has 0 aromatic carbocycles. The van der Waals surface area contributed by atoms with Crippen LogP contribution in [0.1, 0.15) is 7.26 Å². The molecule has 0 amide bonds. The molecular weight excluding hydrogens is 152 g/mol. The molecule has 0 aliphatic rings. The summed E-state index contributed by atoms with van der Waals surface area (Å²) in [6, 6.07) is 5.47. The average molecular weight is 161 g/mol. The van der Waals surface area contributed by atoms with Gasteiger partial charge >= 0.3 is 0 Å². The van der Waals surface area contributed by atoms with Crippen molar-refractivity contribution in [2.45, 2.75) is 6.92 Å². The summed E-state index contributed by atoms with van der Waals surface area (Å²) in [5.74, 6) is 0.491. The molecule has 60 valence electrons. The number of hydrogen-bond donors (Lipinski definition) is 0. The molecule has 3 nitrogen and oxygen atoms in total. The van der Waals surface area contributed by atoms with Crippen LogP contribution in [0.25, 0.3) is 11.4 Å². The Kier molecular flexibility index (Phi) is 1.37. The SMILES string of the molecule is [2H]c1oc(C)nc1-c1ccccn1. The van der Waals surface area contributed by atoms with Gasteiger partial charge in [-0.2, -0.15) is 0 Å². The molecule has 0 bridgehead atoms. The molecule has 0 N–H and O–H groups in total. The Morgan fingerprint density at radius 1 is 1.42 bits per heavy atom. The van der Waals surface area contributed by atoms with E-state index in [0.29, 0.717) is 17.3 Å². The second-order valence-corrected chi connectivity index (χ2v) is 2.40. The lowest BCUT2D eigenvalue weighted by molar-refractivity contribution is 0.521. The lowest BCUT2D eigenvalue weighted by atomic mass is 10.3. The molecule has 0 spiro atoms. The van der Waals surface area contributed by atoms with Crippen LogP contribution < -0.4 is 0 Å². The smallest absolute Gasteiger partial charge is 0.191 e. The van der Waals surface area contributed by atoms with E-state index >= 15 is 0 Å².